The minimum absolute atomic E-state index is 0.755. The third-order valence-corrected chi connectivity index (χ3v) is 5.59. The van der Waals surface area contributed by atoms with Gasteiger partial charge in [-0.15, -0.1) is 11.3 Å². The molecular weight excluding hydrogens is 342 g/mol. The van der Waals surface area contributed by atoms with Gasteiger partial charge < -0.3 is 4.74 Å². The van der Waals surface area contributed by atoms with Gasteiger partial charge in [-0.2, -0.15) is 0 Å². The van der Waals surface area contributed by atoms with Crippen molar-refractivity contribution in [3.05, 3.63) is 71.5 Å². The normalized spacial score (nSPS) is 12.9. The van der Waals surface area contributed by atoms with E-state index in [1.54, 1.807) is 24.6 Å². The summed E-state index contributed by atoms with van der Waals surface area (Å²) < 4.78 is 6.43. The van der Waals surface area contributed by atoms with Crippen LogP contribution in [-0.4, -0.2) is 22.8 Å². The third kappa shape index (κ3) is 2.57. The SMILES string of the molecule is COc1cncc(-c2ccc3nc(C4=Nc5ccccc5C4)sc3c2)c1. The van der Waals surface area contributed by atoms with Gasteiger partial charge in [0.1, 0.15) is 10.8 Å². The van der Waals surface area contributed by atoms with E-state index in [-0.39, 0.29) is 0 Å². The van der Waals surface area contributed by atoms with Crippen LogP contribution in [0.15, 0.2) is 65.9 Å². The Morgan fingerprint density at radius 3 is 2.81 bits per heavy atom. The zero-order chi connectivity index (χ0) is 17.5. The maximum atomic E-state index is 5.28. The second kappa shape index (κ2) is 6.04. The molecule has 0 saturated heterocycles. The van der Waals surface area contributed by atoms with E-state index in [1.165, 1.54) is 5.56 Å². The lowest BCUT2D eigenvalue weighted by atomic mass is 10.1. The Labute approximate surface area is 154 Å². The van der Waals surface area contributed by atoms with Gasteiger partial charge in [-0.1, -0.05) is 24.3 Å². The summed E-state index contributed by atoms with van der Waals surface area (Å²) in [5.74, 6) is 0.755. The van der Waals surface area contributed by atoms with Crippen molar-refractivity contribution in [2.24, 2.45) is 4.99 Å². The van der Waals surface area contributed by atoms with Crippen LogP contribution < -0.4 is 4.74 Å². The number of fused-ring (bicyclic) bond motifs is 2. The van der Waals surface area contributed by atoms with Gasteiger partial charge in [-0.3, -0.25) is 4.98 Å². The van der Waals surface area contributed by atoms with Crippen LogP contribution in [0.2, 0.25) is 0 Å². The lowest BCUT2D eigenvalue weighted by molar-refractivity contribution is 0.413. The molecule has 2 aromatic carbocycles. The fourth-order valence-corrected chi connectivity index (χ4v) is 4.17. The van der Waals surface area contributed by atoms with E-state index in [1.807, 2.05) is 18.3 Å². The first-order valence-electron chi connectivity index (χ1n) is 8.36. The van der Waals surface area contributed by atoms with Gasteiger partial charge in [0, 0.05) is 18.2 Å². The summed E-state index contributed by atoms with van der Waals surface area (Å²) in [7, 11) is 1.65. The monoisotopic (exact) mass is 357 g/mol. The quantitative estimate of drug-likeness (QED) is 0.516. The Bertz CT molecular complexity index is 1160. The molecule has 0 amide bonds. The Morgan fingerprint density at radius 2 is 1.92 bits per heavy atom. The first kappa shape index (κ1) is 15.2. The molecule has 2 aromatic heterocycles. The molecular formula is C21H15N3OS. The molecule has 0 aliphatic carbocycles. The van der Waals surface area contributed by atoms with Gasteiger partial charge >= 0.3 is 0 Å². The average Bonchev–Trinajstić information content (AvgIpc) is 3.31. The summed E-state index contributed by atoms with van der Waals surface area (Å²) >= 11 is 1.69. The minimum Gasteiger partial charge on any atom is -0.495 e. The van der Waals surface area contributed by atoms with Crippen LogP contribution in [0.25, 0.3) is 21.3 Å². The van der Waals surface area contributed by atoms with E-state index in [2.05, 4.69) is 41.4 Å². The minimum atomic E-state index is 0.755. The third-order valence-electron chi connectivity index (χ3n) is 4.52. The topological polar surface area (TPSA) is 47.4 Å². The van der Waals surface area contributed by atoms with E-state index in [0.717, 1.165) is 49.9 Å². The lowest BCUT2D eigenvalue weighted by Gasteiger charge is -2.03. The van der Waals surface area contributed by atoms with Gasteiger partial charge in [0.2, 0.25) is 0 Å². The van der Waals surface area contributed by atoms with Gasteiger partial charge in [-0.05, 0) is 35.4 Å². The smallest absolute Gasteiger partial charge is 0.139 e. The molecule has 4 nitrogen and oxygen atoms in total. The molecule has 1 aliphatic heterocycles. The van der Waals surface area contributed by atoms with E-state index in [9.17, 15) is 0 Å². The first-order chi connectivity index (χ1) is 12.8. The zero-order valence-electron chi connectivity index (χ0n) is 14.1. The molecule has 0 bridgehead atoms. The van der Waals surface area contributed by atoms with Crippen LogP contribution in [0, 0.1) is 0 Å². The van der Waals surface area contributed by atoms with Crippen molar-refractivity contribution in [2.75, 3.05) is 7.11 Å². The van der Waals surface area contributed by atoms with E-state index in [4.69, 9.17) is 14.7 Å². The largest absolute Gasteiger partial charge is 0.495 e. The number of thiazole rings is 1. The molecule has 0 saturated carbocycles. The van der Waals surface area contributed by atoms with Crippen molar-refractivity contribution in [3.63, 3.8) is 0 Å². The molecule has 0 spiro atoms. The Balaban J connectivity index is 1.53. The molecule has 3 heterocycles. The van der Waals surface area contributed by atoms with Crippen molar-refractivity contribution in [3.8, 4) is 16.9 Å². The van der Waals surface area contributed by atoms with Crippen molar-refractivity contribution in [1.29, 1.82) is 0 Å². The van der Waals surface area contributed by atoms with Crippen LogP contribution in [0.1, 0.15) is 10.6 Å². The number of hydrogen-bond acceptors (Lipinski definition) is 5. The maximum Gasteiger partial charge on any atom is 0.139 e. The predicted octanol–water partition coefficient (Wildman–Crippen LogP) is 5.04. The molecule has 0 N–H and O–H groups in total. The number of ether oxygens (including phenoxy) is 1. The molecule has 0 atom stereocenters. The molecule has 26 heavy (non-hydrogen) atoms. The highest BCUT2D eigenvalue weighted by Gasteiger charge is 2.18. The highest BCUT2D eigenvalue weighted by Crippen LogP contribution is 2.33. The maximum absolute atomic E-state index is 5.28. The van der Waals surface area contributed by atoms with Gasteiger partial charge in [0.15, 0.2) is 0 Å². The van der Waals surface area contributed by atoms with E-state index in [0.29, 0.717) is 0 Å². The highest BCUT2D eigenvalue weighted by atomic mass is 32.1. The number of pyridine rings is 1. The van der Waals surface area contributed by atoms with Crippen molar-refractivity contribution < 1.29 is 4.74 Å². The van der Waals surface area contributed by atoms with Crippen LogP contribution >= 0.6 is 11.3 Å². The van der Waals surface area contributed by atoms with Crippen molar-refractivity contribution >= 4 is 33.0 Å². The van der Waals surface area contributed by atoms with Gasteiger partial charge in [0.05, 0.1) is 34.9 Å². The summed E-state index contributed by atoms with van der Waals surface area (Å²) in [6.07, 6.45) is 4.41. The summed E-state index contributed by atoms with van der Waals surface area (Å²) in [5, 5.41) is 0.997. The van der Waals surface area contributed by atoms with E-state index >= 15 is 0 Å². The number of benzene rings is 2. The number of aromatic nitrogens is 2. The van der Waals surface area contributed by atoms with E-state index < -0.39 is 0 Å². The highest BCUT2D eigenvalue weighted by molar-refractivity contribution is 7.20. The van der Waals surface area contributed by atoms with Crippen LogP contribution in [-0.2, 0) is 6.42 Å². The molecule has 5 heteroatoms. The van der Waals surface area contributed by atoms with Crippen LogP contribution in [0.3, 0.4) is 0 Å². The number of methoxy groups -OCH3 is 1. The van der Waals surface area contributed by atoms with Gasteiger partial charge in [0.25, 0.3) is 0 Å². The number of hydrogen-bond donors (Lipinski definition) is 0. The average molecular weight is 357 g/mol. The molecule has 126 valence electrons. The van der Waals surface area contributed by atoms with Crippen molar-refractivity contribution in [2.45, 2.75) is 6.42 Å². The van der Waals surface area contributed by atoms with Crippen molar-refractivity contribution in [1.82, 2.24) is 9.97 Å². The second-order valence-corrected chi connectivity index (χ2v) is 7.21. The molecule has 4 aromatic rings. The molecule has 0 radical (unpaired) electrons. The predicted molar refractivity (Wildman–Crippen MR) is 106 cm³/mol. The summed E-state index contributed by atoms with van der Waals surface area (Å²) in [6.45, 7) is 0. The van der Waals surface area contributed by atoms with Crippen LogP contribution in [0.4, 0.5) is 5.69 Å². The Morgan fingerprint density at radius 1 is 1.00 bits per heavy atom. The van der Waals surface area contributed by atoms with Crippen LogP contribution in [0.5, 0.6) is 5.75 Å². The Hall–Kier alpha value is -3.05. The molecule has 1 aliphatic rings. The lowest BCUT2D eigenvalue weighted by Crippen LogP contribution is -1.98. The fraction of sp³-hybridized carbons (Fsp3) is 0.0952. The number of rotatable bonds is 3. The molecule has 0 unspecified atom stereocenters. The number of para-hydroxylation sites is 1. The summed E-state index contributed by atoms with van der Waals surface area (Å²) in [6, 6.07) is 16.6. The summed E-state index contributed by atoms with van der Waals surface area (Å²) in [4.78, 5) is 13.8. The molecule has 5 rings (SSSR count). The standard InChI is InChI=1S/C21H15N3OS/c1-25-16-8-15(11-22-12-16)13-6-7-18-20(10-13)26-21(24-18)19-9-14-4-2-3-5-17(14)23-19/h2-8,10-12H,9H2,1H3. The fourth-order valence-electron chi connectivity index (χ4n) is 3.17. The molecule has 0 fully saturated rings. The number of nitrogens with zero attached hydrogens (tertiary/aromatic N) is 3. The first-order valence-corrected chi connectivity index (χ1v) is 9.18. The van der Waals surface area contributed by atoms with Gasteiger partial charge in [-0.25, -0.2) is 9.98 Å². The summed E-state index contributed by atoms with van der Waals surface area (Å²) in [5.41, 5.74) is 6.53. The second-order valence-electron chi connectivity index (χ2n) is 6.18. The Kier molecular flexibility index (Phi) is 3.53. The number of aliphatic imine (C=N–C) groups is 1. The zero-order valence-corrected chi connectivity index (χ0v) is 15.0.